The Morgan fingerprint density at radius 2 is 1.95 bits per heavy atom. The van der Waals surface area contributed by atoms with Gasteiger partial charge in [-0.1, -0.05) is 12.1 Å². The van der Waals surface area contributed by atoms with Crippen LogP contribution in [-0.2, 0) is 12.7 Å². The van der Waals surface area contributed by atoms with Crippen LogP contribution in [-0.4, -0.2) is 9.78 Å². The molecule has 21 heavy (non-hydrogen) atoms. The molecule has 1 atom stereocenters. The molecule has 2 rings (SSSR count). The summed E-state index contributed by atoms with van der Waals surface area (Å²) in [6.07, 6.45) is -4.33. The molecule has 0 aliphatic carbocycles. The molecule has 0 radical (unpaired) electrons. The summed E-state index contributed by atoms with van der Waals surface area (Å²) in [7, 11) is 0. The van der Waals surface area contributed by atoms with Crippen LogP contribution in [0.2, 0.25) is 0 Å². The number of aromatic nitrogens is 2. The third kappa shape index (κ3) is 3.40. The fraction of sp³-hybridized carbons (Fsp3) is 0.400. The zero-order chi connectivity index (χ0) is 15.8. The molecule has 0 spiro atoms. The zero-order valence-electron chi connectivity index (χ0n) is 12.0. The first kappa shape index (κ1) is 15.9. The van der Waals surface area contributed by atoms with Gasteiger partial charge in [0.15, 0.2) is 0 Å². The van der Waals surface area contributed by atoms with E-state index in [1.54, 1.807) is 10.7 Å². The number of alkyl halides is 4. The Morgan fingerprint density at radius 1 is 1.29 bits per heavy atom. The Hall–Kier alpha value is -1.49. The highest BCUT2D eigenvalue weighted by atomic mass is 35.5. The molecule has 2 aromatic rings. The summed E-state index contributed by atoms with van der Waals surface area (Å²) in [5.74, 6) is 0. The number of aryl methyl sites for hydroxylation is 1. The van der Waals surface area contributed by atoms with Crippen LogP contribution in [0.5, 0.6) is 0 Å². The molecule has 1 aromatic heterocycles. The number of benzene rings is 1. The van der Waals surface area contributed by atoms with E-state index < -0.39 is 11.7 Å². The van der Waals surface area contributed by atoms with Crippen molar-refractivity contribution in [2.24, 2.45) is 0 Å². The Bertz CT molecular complexity index is 645. The summed E-state index contributed by atoms with van der Waals surface area (Å²) >= 11 is 6.11. The predicted octanol–water partition coefficient (Wildman–Crippen LogP) is 4.87. The van der Waals surface area contributed by atoms with E-state index in [0.29, 0.717) is 12.1 Å². The third-order valence-electron chi connectivity index (χ3n) is 3.42. The number of hydrogen-bond donors (Lipinski definition) is 0. The van der Waals surface area contributed by atoms with Gasteiger partial charge in [-0.3, -0.25) is 4.68 Å². The lowest BCUT2D eigenvalue weighted by atomic mass is 10.1. The monoisotopic (exact) mass is 316 g/mol. The molecule has 0 aliphatic heterocycles. The lowest BCUT2D eigenvalue weighted by Gasteiger charge is -2.10. The second-order valence-corrected chi connectivity index (χ2v) is 5.71. The number of rotatable bonds is 3. The number of hydrogen-bond acceptors (Lipinski definition) is 1. The Kier molecular flexibility index (Phi) is 4.33. The zero-order valence-corrected chi connectivity index (χ0v) is 12.8. The van der Waals surface area contributed by atoms with E-state index in [2.05, 4.69) is 5.10 Å². The van der Waals surface area contributed by atoms with Crippen LogP contribution in [0.1, 0.15) is 40.4 Å². The van der Waals surface area contributed by atoms with Gasteiger partial charge in [0.2, 0.25) is 0 Å². The van der Waals surface area contributed by atoms with Crippen molar-refractivity contribution in [3.05, 3.63) is 52.3 Å². The first-order valence-corrected chi connectivity index (χ1v) is 6.98. The molecule has 6 heteroatoms. The van der Waals surface area contributed by atoms with E-state index in [4.69, 9.17) is 11.6 Å². The standard InChI is InChI=1S/C15H16ClF3N2/c1-9(16)14-10(2)20-21(11(14)3)8-12-5-4-6-13(7-12)15(17,18)19/h4-7,9H,8H2,1-3H3. The van der Waals surface area contributed by atoms with Gasteiger partial charge < -0.3 is 0 Å². The average molecular weight is 317 g/mol. The summed E-state index contributed by atoms with van der Waals surface area (Å²) in [6, 6.07) is 5.29. The van der Waals surface area contributed by atoms with Crippen LogP contribution in [0, 0.1) is 13.8 Å². The lowest BCUT2D eigenvalue weighted by molar-refractivity contribution is -0.137. The number of nitrogens with zero attached hydrogens (tertiary/aromatic N) is 2. The molecule has 2 nitrogen and oxygen atoms in total. The molecule has 0 aliphatic rings. The van der Waals surface area contributed by atoms with Crippen molar-refractivity contribution >= 4 is 11.6 Å². The van der Waals surface area contributed by atoms with Gasteiger partial charge in [-0.2, -0.15) is 18.3 Å². The van der Waals surface area contributed by atoms with Crippen molar-refractivity contribution in [3.8, 4) is 0 Å². The van der Waals surface area contributed by atoms with Crippen LogP contribution >= 0.6 is 11.6 Å². The molecular formula is C15H16ClF3N2. The van der Waals surface area contributed by atoms with Gasteiger partial charge in [0.1, 0.15) is 0 Å². The highest BCUT2D eigenvalue weighted by molar-refractivity contribution is 6.20. The maximum Gasteiger partial charge on any atom is 0.416 e. The Morgan fingerprint density at radius 3 is 2.48 bits per heavy atom. The van der Waals surface area contributed by atoms with Crippen molar-refractivity contribution in [1.29, 1.82) is 0 Å². The summed E-state index contributed by atoms with van der Waals surface area (Å²) in [6.45, 7) is 5.87. The van der Waals surface area contributed by atoms with Gasteiger partial charge in [0.25, 0.3) is 0 Å². The largest absolute Gasteiger partial charge is 0.416 e. The molecule has 0 bridgehead atoms. The quantitative estimate of drug-likeness (QED) is 0.739. The minimum atomic E-state index is -4.33. The Labute approximate surface area is 126 Å². The van der Waals surface area contributed by atoms with E-state index in [0.717, 1.165) is 29.1 Å². The van der Waals surface area contributed by atoms with Crippen LogP contribution in [0.25, 0.3) is 0 Å². The first-order valence-electron chi connectivity index (χ1n) is 6.54. The van der Waals surface area contributed by atoms with Crippen LogP contribution in [0.15, 0.2) is 24.3 Å². The molecule has 0 N–H and O–H groups in total. The smallest absolute Gasteiger partial charge is 0.265 e. The fourth-order valence-electron chi connectivity index (χ4n) is 2.46. The van der Waals surface area contributed by atoms with Gasteiger partial charge in [-0.05, 0) is 38.5 Å². The number of halogens is 4. The first-order chi connectivity index (χ1) is 9.70. The maximum absolute atomic E-state index is 12.7. The van der Waals surface area contributed by atoms with Crippen molar-refractivity contribution in [2.45, 2.75) is 38.9 Å². The molecule has 1 aromatic carbocycles. The highest BCUT2D eigenvalue weighted by Gasteiger charge is 2.30. The topological polar surface area (TPSA) is 17.8 Å². The summed E-state index contributed by atoms with van der Waals surface area (Å²) in [5, 5.41) is 4.19. The molecular weight excluding hydrogens is 301 g/mol. The van der Waals surface area contributed by atoms with E-state index >= 15 is 0 Å². The Balaban J connectivity index is 2.33. The lowest BCUT2D eigenvalue weighted by Crippen LogP contribution is -2.08. The van der Waals surface area contributed by atoms with Gasteiger partial charge in [0, 0.05) is 11.3 Å². The average Bonchev–Trinajstić information content (AvgIpc) is 2.63. The predicted molar refractivity (Wildman–Crippen MR) is 76.5 cm³/mol. The summed E-state index contributed by atoms with van der Waals surface area (Å²) in [5.41, 5.74) is 2.54. The molecule has 0 saturated heterocycles. The van der Waals surface area contributed by atoms with E-state index in [-0.39, 0.29) is 5.38 Å². The normalized spacial score (nSPS) is 13.5. The minimum Gasteiger partial charge on any atom is -0.265 e. The molecule has 114 valence electrons. The van der Waals surface area contributed by atoms with Crippen molar-refractivity contribution in [1.82, 2.24) is 9.78 Å². The van der Waals surface area contributed by atoms with E-state index in [1.165, 1.54) is 6.07 Å². The maximum atomic E-state index is 12.7. The van der Waals surface area contributed by atoms with Crippen LogP contribution in [0.4, 0.5) is 13.2 Å². The second kappa shape index (κ2) is 5.72. The molecule has 0 amide bonds. The fourth-order valence-corrected chi connectivity index (χ4v) is 2.78. The van der Waals surface area contributed by atoms with E-state index in [1.807, 2.05) is 20.8 Å². The van der Waals surface area contributed by atoms with Crippen molar-refractivity contribution < 1.29 is 13.2 Å². The summed E-state index contributed by atoms with van der Waals surface area (Å²) in [4.78, 5) is 0. The van der Waals surface area contributed by atoms with Gasteiger partial charge in [0.05, 0.1) is 23.2 Å². The second-order valence-electron chi connectivity index (χ2n) is 5.06. The van der Waals surface area contributed by atoms with Gasteiger partial charge in [-0.15, -0.1) is 11.6 Å². The SMILES string of the molecule is Cc1nn(Cc2cccc(C(F)(F)F)c2)c(C)c1C(C)Cl. The molecule has 1 unspecified atom stereocenters. The van der Waals surface area contributed by atoms with Gasteiger partial charge >= 0.3 is 6.18 Å². The van der Waals surface area contributed by atoms with E-state index in [9.17, 15) is 13.2 Å². The third-order valence-corrected chi connectivity index (χ3v) is 3.64. The molecule has 0 saturated carbocycles. The van der Waals surface area contributed by atoms with Crippen molar-refractivity contribution in [3.63, 3.8) is 0 Å². The van der Waals surface area contributed by atoms with Crippen molar-refractivity contribution in [2.75, 3.05) is 0 Å². The highest BCUT2D eigenvalue weighted by Crippen LogP contribution is 2.30. The van der Waals surface area contributed by atoms with Crippen LogP contribution < -0.4 is 0 Å². The van der Waals surface area contributed by atoms with Crippen LogP contribution in [0.3, 0.4) is 0 Å². The minimum absolute atomic E-state index is 0.180. The molecule has 1 heterocycles. The van der Waals surface area contributed by atoms with Gasteiger partial charge in [-0.25, -0.2) is 0 Å². The molecule has 0 fully saturated rings. The summed E-state index contributed by atoms with van der Waals surface area (Å²) < 4.78 is 39.9.